The van der Waals surface area contributed by atoms with E-state index < -0.39 is 5.97 Å². The number of carboxylic acid groups (broad SMARTS) is 1. The number of hydrogen-bond donors (Lipinski definition) is 2. The number of benzene rings is 2. The SMILES string of the molecule is Cc1ccc(C)c(NCCOc2ccc(C(=O)O)cc2)c1. The van der Waals surface area contributed by atoms with Crippen molar-refractivity contribution in [2.75, 3.05) is 18.5 Å². The molecule has 2 aromatic carbocycles. The summed E-state index contributed by atoms with van der Waals surface area (Å²) in [6.07, 6.45) is 0. The van der Waals surface area contributed by atoms with Gasteiger partial charge >= 0.3 is 5.97 Å². The minimum Gasteiger partial charge on any atom is -0.492 e. The summed E-state index contributed by atoms with van der Waals surface area (Å²) < 4.78 is 5.58. The summed E-state index contributed by atoms with van der Waals surface area (Å²) in [5.74, 6) is -0.263. The Morgan fingerprint density at radius 1 is 1.14 bits per heavy atom. The zero-order chi connectivity index (χ0) is 15.2. The predicted molar refractivity (Wildman–Crippen MR) is 83.3 cm³/mol. The lowest BCUT2D eigenvalue weighted by Gasteiger charge is -2.11. The number of ether oxygens (including phenoxy) is 1. The van der Waals surface area contributed by atoms with Gasteiger partial charge in [0.1, 0.15) is 12.4 Å². The fraction of sp³-hybridized carbons (Fsp3) is 0.235. The molecular formula is C17H19NO3. The summed E-state index contributed by atoms with van der Waals surface area (Å²) in [5.41, 5.74) is 3.79. The molecule has 2 N–H and O–H groups in total. The fourth-order valence-corrected chi connectivity index (χ4v) is 1.97. The highest BCUT2D eigenvalue weighted by molar-refractivity contribution is 5.87. The summed E-state index contributed by atoms with van der Waals surface area (Å²) in [7, 11) is 0. The van der Waals surface area contributed by atoms with Crippen LogP contribution in [-0.4, -0.2) is 24.2 Å². The van der Waals surface area contributed by atoms with E-state index in [1.54, 1.807) is 12.1 Å². The Morgan fingerprint density at radius 2 is 1.86 bits per heavy atom. The molecule has 0 saturated carbocycles. The number of aromatic carboxylic acids is 1. The largest absolute Gasteiger partial charge is 0.492 e. The Hall–Kier alpha value is -2.49. The first kappa shape index (κ1) is 14.9. The van der Waals surface area contributed by atoms with Gasteiger partial charge < -0.3 is 15.2 Å². The second-order valence-corrected chi connectivity index (χ2v) is 4.92. The van der Waals surface area contributed by atoms with E-state index in [0.717, 1.165) is 5.69 Å². The zero-order valence-electron chi connectivity index (χ0n) is 12.2. The van der Waals surface area contributed by atoms with Gasteiger partial charge in [0.15, 0.2) is 0 Å². The Balaban J connectivity index is 1.81. The van der Waals surface area contributed by atoms with Crippen LogP contribution in [0.5, 0.6) is 5.75 Å². The number of carboxylic acids is 1. The van der Waals surface area contributed by atoms with Crippen molar-refractivity contribution in [2.45, 2.75) is 13.8 Å². The van der Waals surface area contributed by atoms with Gasteiger partial charge in [-0.05, 0) is 55.3 Å². The molecule has 110 valence electrons. The summed E-state index contributed by atoms with van der Waals surface area (Å²) in [6.45, 7) is 5.32. The number of hydrogen-bond acceptors (Lipinski definition) is 3. The number of anilines is 1. The van der Waals surface area contributed by atoms with Gasteiger partial charge in [0, 0.05) is 12.2 Å². The highest BCUT2D eigenvalue weighted by Crippen LogP contribution is 2.16. The lowest BCUT2D eigenvalue weighted by Crippen LogP contribution is -2.12. The highest BCUT2D eigenvalue weighted by atomic mass is 16.5. The molecule has 0 aliphatic carbocycles. The fourth-order valence-electron chi connectivity index (χ4n) is 1.97. The van der Waals surface area contributed by atoms with Crippen molar-refractivity contribution in [1.29, 1.82) is 0 Å². The van der Waals surface area contributed by atoms with Gasteiger partial charge in [-0.15, -0.1) is 0 Å². The maximum absolute atomic E-state index is 10.7. The summed E-state index contributed by atoms with van der Waals surface area (Å²) in [5, 5.41) is 12.1. The summed E-state index contributed by atoms with van der Waals surface area (Å²) >= 11 is 0. The highest BCUT2D eigenvalue weighted by Gasteiger charge is 2.02. The molecule has 0 spiro atoms. The molecule has 0 aliphatic heterocycles. The standard InChI is InChI=1S/C17H19NO3/c1-12-3-4-13(2)16(11-12)18-9-10-21-15-7-5-14(6-8-15)17(19)20/h3-8,11,18H,9-10H2,1-2H3,(H,19,20). The number of rotatable bonds is 6. The van der Waals surface area contributed by atoms with Crippen molar-refractivity contribution in [1.82, 2.24) is 0 Å². The van der Waals surface area contributed by atoms with E-state index in [2.05, 4.69) is 37.4 Å². The molecule has 0 heterocycles. The van der Waals surface area contributed by atoms with E-state index in [1.807, 2.05) is 0 Å². The molecule has 0 amide bonds. The minimum absolute atomic E-state index is 0.260. The molecule has 0 unspecified atom stereocenters. The van der Waals surface area contributed by atoms with Crippen molar-refractivity contribution in [2.24, 2.45) is 0 Å². The summed E-state index contributed by atoms with van der Waals surface area (Å²) in [6, 6.07) is 12.7. The van der Waals surface area contributed by atoms with E-state index in [1.165, 1.54) is 23.3 Å². The second kappa shape index (κ2) is 6.79. The third kappa shape index (κ3) is 4.24. The van der Waals surface area contributed by atoms with Crippen molar-refractivity contribution >= 4 is 11.7 Å². The Morgan fingerprint density at radius 3 is 2.52 bits per heavy atom. The van der Waals surface area contributed by atoms with E-state index in [-0.39, 0.29) is 5.56 Å². The molecule has 21 heavy (non-hydrogen) atoms. The van der Waals surface area contributed by atoms with Gasteiger partial charge in [-0.25, -0.2) is 4.79 Å². The van der Waals surface area contributed by atoms with Crippen LogP contribution in [0.15, 0.2) is 42.5 Å². The van der Waals surface area contributed by atoms with E-state index in [0.29, 0.717) is 18.9 Å². The van der Waals surface area contributed by atoms with Gasteiger partial charge in [-0.3, -0.25) is 0 Å². The maximum Gasteiger partial charge on any atom is 0.335 e. The van der Waals surface area contributed by atoms with Gasteiger partial charge in [0.05, 0.1) is 5.56 Å². The normalized spacial score (nSPS) is 10.2. The molecular weight excluding hydrogens is 266 g/mol. The first-order valence-corrected chi connectivity index (χ1v) is 6.83. The van der Waals surface area contributed by atoms with Crippen LogP contribution >= 0.6 is 0 Å². The van der Waals surface area contributed by atoms with E-state index >= 15 is 0 Å². The van der Waals surface area contributed by atoms with Gasteiger partial charge in [-0.2, -0.15) is 0 Å². The molecule has 0 atom stereocenters. The molecule has 2 aromatic rings. The number of aryl methyl sites for hydroxylation is 2. The Labute approximate surface area is 124 Å². The van der Waals surface area contributed by atoms with Crippen molar-refractivity contribution in [3.8, 4) is 5.75 Å². The van der Waals surface area contributed by atoms with Crippen molar-refractivity contribution in [3.63, 3.8) is 0 Å². The lowest BCUT2D eigenvalue weighted by molar-refractivity contribution is 0.0697. The quantitative estimate of drug-likeness (QED) is 0.798. The van der Waals surface area contributed by atoms with Crippen molar-refractivity contribution < 1.29 is 14.6 Å². The van der Waals surface area contributed by atoms with E-state index in [4.69, 9.17) is 9.84 Å². The molecule has 0 aliphatic rings. The van der Waals surface area contributed by atoms with Crippen molar-refractivity contribution in [3.05, 3.63) is 59.2 Å². The molecule has 0 saturated heterocycles. The second-order valence-electron chi connectivity index (χ2n) is 4.92. The average molecular weight is 285 g/mol. The molecule has 4 nitrogen and oxygen atoms in total. The third-order valence-corrected chi connectivity index (χ3v) is 3.18. The smallest absolute Gasteiger partial charge is 0.335 e. The van der Waals surface area contributed by atoms with Gasteiger partial charge in [-0.1, -0.05) is 12.1 Å². The zero-order valence-corrected chi connectivity index (χ0v) is 12.2. The van der Waals surface area contributed by atoms with Crippen LogP contribution in [0.1, 0.15) is 21.5 Å². The van der Waals surface area contributed by atoms with Crippen LogP contribution in [0.25, 0.3) is 0 Å². The topological polar surface area (TPSA) is 58.6 Å². The maximum atomic E-state index is 10.7. The lowest BCUT2D eigenvalue weighted by atomic mass is 10.1. The monoisotopic (exact) mass is 285 g/mol. The first-order valence-electron chi connectivity index (χ1n) is 6.83. The van der Waals surface area contributed by atoms with Crippen LogP contribution in [0.4, 0.5) is 5.69 Å². The Kier molecular flexibility index (Phi) is 4.82. The Bertz CT molecular complexity index is 620. The number of carbonyl (C=O) groups is 1. The van der Waals surface area contributed by atoms with Crippen LogP contribution in [0.3, 0.4) is 0 Å². The average Bonchev–Trinajstić information content (AvgIpc) is 2.47. The van der Waals surface area contributed by atoms with Crippen LogP contribution in [0.2, 0.25) is 0 Å². The molecule has 0 bridgehead atoms. The van der Waals surface area contributed by atoms with Gasteiger partial charge in [0.25, 0.3) is 0 Å². The molecule has 0 fully saturated rings. The van der Waals surface area contributed by atoms with Crippen LogP contribution < -0.4 is 10.1 Å². The molecule has 0 radical (unpaired) electrons. The predicted octanol–water partition coefficient (Wildman–Crippen LogP) is 3.49. The van der Waals surface area contributed by atoms with E-state index in [9.17, 15) is 4.79 Å². The molecule has 4 heteroatoms. The van der Waals surface area contributed by atoms with Gasteiger partial charge in [0.2, 0.25) is 0 Å². The van der Waals surface area contributed by atoms with Crippen LogP contribution in [-0.2, 0) is 0 Å². The minimum atomic E-state index is -0.932. The summed E-state index contributed by atoms with van der Waals surface area (Å²) in [4.78, 5) is 10.7. The molecule has 2 rings (SSSR count). The third-order valence-electron chi connectivity index (χ3n) is 3.18. The first-order chi connectivity index (χ1) is 10.1. The number of nitrogens with one attached hydrogen (secondary N) is 1. The van der Waals surface area contributed by atoms with Crippen LogP contribution in [0, 0.1) is 13.8 Å². The molecule has 0 aromatic heterocycles.